The molecule has 0 bridgehead atoms. The Balaban J connectivity index is 2.10. The molecule has 0 atom stereocenters. The smallest absolute Gasteiger partial charge is 0.262 e. The molecule has 0 radical (unpaired) electrons. The topological polar surface area (TPSA) is 49.3 Å². The Morgan fingerprint density at radius 2 is 1.95 bits per heavy atom. The lowest BCUT2D eigenvalue weighted by Gasteiger charge is -2.23. The summed E-state index contributed by atoms with van der Waals surface area (Å²) in [6.45, 7) is 4.77. The number of aliphatic hydroxyl groups is 1. The number of thiophene rings is 1. The van der Waals surface area contributed by atoms with Gasteiger partial charge in [-0.05, 0) is 28.8 Å². The highest BCUT2D eigenvalue weighted by atomic mass is 32.1. The molecule has 0 unspecified atom stereocenters. The normalized spacial score (nSPS) is 11.4. The molecular formula is C17H21NO2S. The van der Waals surface area contributed by atoms with Crippen LogP contribution in [0.4, 0.5) is 0 Å². The lowest BCUT2D eigenvalue weighted by atomic mass is 9.90. The largest absolute Gasteiger partial charge is 0.396 e. The summed E-state index contributed by atoms with van der Waals surface area (Å²) in [4.78, 5) is 13.1. The van der Waals surface area contributed by atoms with Crippen molar-refractivity contribution in [1.82, 2.24) is 5.32 Å². The number of benzene rings is 1. The molecule has 2 aromatic rings. The number of hydrogen-bond donors (Lipinski definition) is 2. The fourth-order valence-electron chi connectivity index (χ4n) is 2.12. The van der Waals surface area contributed by atoms with Gasteiger partial charge >= 0.3 is 0 Å². The Hall–Kier alpha value is -1.65. The van der Waals surface area contributed by atoms with Crippen LogP contribution in [0.5, 0.6) is 0 Å². The Bertz CT molecular complexity index is 590. The average Bonchev–Trinajstić information content (AvgIpc) is 2.95. The first kappa shape index (κ1) is 15.7. The molecule has 1 aromatic heterocycles. The minimum atomic E-state index is -0.103. The number of rotatable bonds is 6. The average molecular weight is 303 g/mol. The molecule has 1 heterocycles. The molecule has 0 saturated carbocycles. The van der Waals surface area contributed by atoms with E-state index in [-0.39, 0.29) is 17.9 Å². The van der Waals surface area contributed by atoms with Crippen molar-refractivity contribution in [3.05, 3.63) is 46.7 Å². The molecule has 3 nitrogen and oxygen atoms in total. The van der Waals surface area contributed by atoms with Crippen LogP contribution in [0.1, 0.15) is 29.9 Å². The predicted octanol–water partition coefficient (Wildman–Crippen LogP) is 3.55. The standard InChI is InChI=1S/C17H21NO2S/c1-17(2,9-10-19)12-18-16(20)15-14(8-11-21-15)13-6-4-3-5-7-13/h3-8,11,19H,9-10,12H2,1-2H3,(H,18,20). The summed E-state index contributed by atoms with van der Waals surface area (Å²) in [5.41, 5.74) is 1.92. The van der Waals surface area contributed by atoms with Gasteiger partial charge in [-0.2, -0.15) is 0 Å². The van der Waals surface area contributed by atoms with Crippen LogP contribution in [0, 0.1) is 5.41 Å². The molecule has 21 heavy (non-hydrogen) atoms. The van der Waals surface area contributed by atoms with Crippen molar-refractivity contribution in [2.24, 2.45) is 5.41 Å². The zero-order valence-electron chi connectivity index (χ0n) is 12.4. The Morgan fingerprint density at radius 1 is 1.24 bits per heavy atom. The summed E-state index contributed by atoms with van der Waals surface area (Å²) in [6.07, 6.45) is 0.670. The van der Waals surface area contributed by atoms with E-state index in [1.807, 2.05) is 55.6 Å². The van der Waals surface area contributed by atoms with Crippen molar-refractivity contribution < 1.29 is 9.90 Å². The molecule has 112 valence electrons. The summed E-state index contributed by atoms with van der Waals surface area (Å²) in [6, 6.07) is 11.9. The first-order chi connectivity index (χ1) is 10.0. The van der Waals surface area contributed by atoms with Crippen LogP contribution in [-0.4, -0.2) is 24.2 Å². The van der Waals surface area contributed by atoms with E-state index in [1.54, 1.807) is 0 Å². The van der Waals surface area contributed by atoms with Crippen LogP contribution in [0.15, 0.2) is 41.8 Å². The van der Waals surface area contributed by atoms with Crippen molar-refractivity contribution in [3.8, 4) is 11.1 Å². The molecule has 2 N–H and O–H groups in total. The molecule has 0 aliphatic carbocycles. The lowest BCUT2D eigenvalue weighted by Crippen LogP contribution is -2.34. The number of hydrogen-bond acceptors (Lipinski definition) is 3. The minimum Gasteiger partial charge on any atom is -0.396 e. The number of aliphatic hydroxyl groups excluding tert-OH is 1. The highest BCUT2D eigenvalue weighted by molar-refractivity contribution is 7.12. The Kier molecular flexibility index (Phi) is 5.15. The second-order valence-corrected chi connectivity index (χ2v) is 6.77. The van der Waals surface area contributed by atoms with Gasteiger partial charge in [0.05, 0.1) is 4.88 Å². The van der Waals surface area contributed by atoms with Gasteiger partial charge in [0.15, 0.2) is 0 Å². The predicted molar refractivity (Wildman–Crippen MR) is 87.6 cm³/mol. The van der Waals surface area contributed by atoms with Crippen molar-refractivity contribution in [1.29, 1.82) is 0 Å². The summed E-state index contributed by atoms with van der Waals surface area (Å²) < 4.78 is 0. The minimum absolute atomic E-state index is 0.0464. The number of carbonyl (C=O) groups is 1. The van der Waals surface area contributed by atoms with E-state index in [0.29, 0.717) is 13.0 Å². The molecule has 1 aromatic carbocycles. The van der Waals surface area contributed by atoms with Crippen molar-refractivity contribution >= 4 is 17.2 Å². The van der Waals surface area contributed by atoms with E-state index in [4.69, 9.17) is 5.11 Å². The maximum absolute atomic E-state index is 12.4. The molecule has 0 aliphatic rings. The van der Waals surface area contributed by atoms with Crippen LogP contribution >= 0.6 is 11.3 Å². The number of amides is 1. The van der Waals surface area contributed by atoms with Gasteiger partial charge in [0.25, 0.3) is 5.91 Å². The SMILES string of the molecule is CC(C)(CCO)CNC(=O)c1sccc1-c1ccccc1. The Morgan fingerprint density at radius 3 is 2.62 bits per heavy atom. The molecular weight excluding hydrogens is 282 g/mol. The second-order valence-electron chi connectivity index (χ2n) is 5.85. The molecule has 0 saturated heterocycles. The van der Waals surface area contributed by atoms with Crippen LogP contribution < -0.4 is 5.32 Å². The third-order valence-corrected chi connectivity index (χ3v) is 4.39. The third-order valence-electron chi connectivity index (χ3n) is 3.47. The van der Waals surface area contributed by atoms with Gasteiger partial charge in [-0.25, -0.2) is 0 Å². The van der Waals surface area contributed by atoms with Crippen LogP contribution in [0.25, 0.3) is 11.1 Å². The third kappa shape index (κ3) is 4.16. The van der Waals surface area contributed by atoms with Gasteiger partial charge < -0.3 is 10.4 Å². The van der Waals surface area contributed by atoms with Gasteiger partial charge in [0, 0.05) is 18.7 Å². The van der Waals surface area contributed by atoms with Gasteiger partial charge in [-0.3, -0.25) is 4.79 Å². The van der Waals surface area contributed by atoms with E-state index in [9.17, 15) is 4.79 Å². The molecule has 0 spiro atoms. The van der Waals surface area contributed by atoms with Crippen molar-refractivity contribution in [2.75, 3.05) is 13.2 Å². The molecule has 1 amide bonds. The highest BCUT2D eigenvalue weighted by Crippen LogP contribution is 2.28. The zero-order chi connectivity index (χ0) is 15.3. The van der Waals surface area contributed by atoms with Gasteiger partial charge in [-0.15, -0.1) is 11.3 Å². The molecule has 0 fully saturated rings. The fraction of sp³-hybridized carbons (Fsp3) is 0.353. The summed E-state index contributed by atoms with van der Waals surface area (Å²) in [7, 11) is 0. The van der Waals surface area contributed by atoms with E-state index < -0.39 is 0 Å². The van der Waals surface area contributed by atoms with Crippen molar-refractivity contribution in [3.63, 3.8) is 0 Å². The fourth-order valence-corrected chi connectivity index (χ4v) is 2.95. The first-order valence-corrected chi connectivity index (χ1v) is 7.93. The number of nitrogens with one attached hydrogen (secondary N) is 1. The van der Waals surface area contributed by atoms with Crippen LogP contribution in [-0.2, 0) is 0 Å². The van der Waals surface area contributed by atoms with E-state index in [2.05, 4.69) is 5.32 Å². The van der Waals surface area contributed by atoms with Gasteiger partial charge in [0.1, 0.15) is 0 Å². The summed E-state index contributed by atoms with van der Waals surface area (Å²) >= 11 is 1.45. The quantitative estimate of drug-likeness (QED) is 0.857. The summed E-state index contributed by atoms with van der Waals surface area (Å²) in [5, 5.41) is 14.0. The van der Waals surface area contributed by atoms with E-state index in [0.717, 1.165) is 16.0 Å². The summed E-state index contributed by atoms with van der Waals surface area (Å²) in [5.74, 6) is -0.0464. The monoisotopic (exact) mass is 303 g/mol. The first-order valence-electron chi connectivity index (χ1n) is 7.05. The molecule has 0 aliphatic heterocycles. The molecule has 2 rings (SSSR count). The Labute approximate surface area is 129 Å². The lowest BCUT2D eigenvalue weighted by molar-refractivity contribution is 0.0933. The second kappa shape index (κ2) is 6.87. The van der Waals surface area contributed by atoms with Crippen LogP contribution in [0.3, 0.4) is 0 Å². The van der Waals surface area contributed by atoms with E-state index in [1.165, 1.54) is 11.3 Å². The van der Waals surface area contributed by atoms with Crippen LogP contribution in [0.2, 0.25) is 0 Å². The van der Waals surface area contributed by atoms with Gasteiger partial charge in [-0.1, -0.05) is 44.2 Å². The van der Waals surface area contributed by atoms with Crippen molar-refractivity contribution in [2.45, 2.75) is 20.3 Å². The number of carbonyl (C=O) groups excluding carboxylic acids is 1. The zero-order valence-corrected chi connectivity index (χ0v) is 13.2. The maximum atomic E-state index is 12.4. The highest BCUT2D eigenvalue weighted by Gasteiger charge is 2.20. The van der Waals surface area contributed by atoms with Gasteiger partial charge in [0.2, 0.25) is 0 Å². The maximum Gasteiger partial charge on any atom is 0.262 e. The molecule has 4 heteroatoms. The van der Waals surface area contributed by atoms with E-state index >= 15 is 0 Å².